The van der Waals surface area contributed by atoms with Crippen molar-refractivity contribution in [1.82, 2.24) is 25.1 Å². The first-order chi connectivity index (χ1) is 24.9. The van der Waals surface area contributed by atoms with Crippen LogP contribution >= 0.6 is 0 Å². The molecule has 5 rings (SSSR count). The smallest absolute Gasteiger partial charge is 0.271 e. The van der Waals surface area contributed by atoms with Crippen molar-refractivity contribution in [1.29, 1.82) is 0 Å². The molecule has 14 heteroatoms. The lowest BCUT2D eigenvalue weighted by Crippen LogP contribution is -2.47. The standard InChI is InChI=1S/C38H43N5O9/c1-22-36(48)42(2)21-29(41-22)24-18-32(51-3)27(33(19-24)52-4)7-5-8-34(46)39-15-6-16-40-35(47)14-10-23-9-12-26-28(17-23)38(50)43(37(26)49)30-13-11-25(44)20-31(30)45/h9,12,17-19,21,30H,5-8,10-11,13-16,20H2,1-4H3,(H,39,46)(H,40,47). The molecule has 0 bridgehead atoms. The number of amides is 4. The highest BCUT2D eigenvalue weighted by atomic mass is 16.5. The van der Waals surface area contributed by atoms with E-state index in [1.165, 1.54) is 4.57 Å². The number of carbonyl (C=O) groups is 6. The number of imide groups is 1. The lowest BCUT2D eigenvalue weighted by molar-refractivity contribution is -0.132. The zero-order valence-electron chi connectivity index (χ0n) is 29.8. The summed E-state index contributed by atoms with van der Waals surface area (Å²) < 4.78 is 12.8. The van der Waals surface area contributed by atoms with E-state index in [1.54, 1.807) is 52.6 Å². The summed E-state index contributed by atoms with van der Waals surface area (Å²) in [5, 5.41) is 5.71. The highest BCUT2D eigenvalue weighted by molar-refractivity contribution is 6.23. The van der Waals surface area contributed by atoms with E-state index in [1.807, 2.05) is 12.1 Å². The number of benzene rings is 2. The molecule has 0 spiro atoms. The predicted octanol–water partition coefficient (Wildman–Crippen LogP) is 2.64. The van der Waals surface area contributed by atoms with Gasteiger partial charge in [-0.3, -0.25) is 38.5 Å². The quantitative estimate of drug-likeness (QED) is 0.135. The van der Waals surface area contributed by atoms with Crippen molar-refractivity contribution in [2.75, 3.05) is 27.3 Å². The molecule has 0 saturated heterocycles. The first-order valence-electron chi connectivity index (χ1n) is 17.3. The minimum Gasteiger partial charge on any atom is -0.496 e. The van der Waals surface area contributed by atoms with E-state index in [0.29, 0.717) is 67.2 Å². The second-order valence-corrected chi connectivity index (χ2v) is 13.0. The molecule has 2 aliphatic rings. The summed E-state index contributed by atoms with van der Waals surface area (Å²) in [5.74, 6) is -0.818. The largest absolute Gasteiger partial charge is 0.496 e. The lowest BCUT2D eigenvalue weighted by Gasteiger charge is -2.27. The highest BCUT2D eigenvalue weighted by Gasteiger charge is 2.44. The van der Waals surface area contributed by atoms with Crippen molar-refractivity contribution >= 4 is 35.2 Å². The van der Waals surface area contributed by atoms with Crippen LogP contribution in [0, 0.1) is 6.92 Å². The van der Waals surface area contributed by atoms with Gasteiger partial charge >= 0.3 is 0 Å². The van der Waals surface area contributed by atoms with Crippen molar-refractivity contribution < 1.29 is 38.2 Å². The first kappa shape index (κ1) is 37.6. The summed E-state index contributed by atoms with van der Waals surface area (Å²) in [7, 11) is 4.80. The average molecular weight is 714 g/mol. The fraction of sp³-hybridized carbons (Fsp3) is 0.421. The zero-order chi connectivity index (χ0) is 37.5. The van der Waals surface area contributed by atoms with Crippen LogP contribution in [0.3, 0.4) is 0 Å². The number of hydrogen-bond donors (Lipinski definition) is 2. The minimum atomic E-state index is -0.926. The summed E-state index contributed by atoms with van der Waals surface area (Å²) in [6, 6.07) is 7.58. The Morgan fingerprint density at radius 2 is 1.52 bits per heavy atom. The summed E-state index contributed by atoms with van der Waals surface area (Å²) in [6.45, 7) is 2.42. The third kappa shape index (κ3) is 8.44. The molecule has 1 aliphatic carbocycles. The van der Waals surface area contributed by atoms with Gasteiger partial charge in [0.25, 0.3) is 17.4 Å². The highest BCUT2D eigenvalue weighted by Crippen LogP contribution is 2.35. The molecule has 1 atom stereocenters. The summed E-state index contributed by atoms with van der Waals surface area (Å²) >= 11 is 0. The molecule has 1 saturated carbocycles. The molecule has 1 fully saturated rings. The number of rotatable bonds is 15. The number of ether oxygens (including phenoxy) is 2. The van der Waals surface area contributed by atoms with Crippen LogP contribution in [0.4, 0.5) is 0 Å². The van der Waals surface area contributed by atoms with Gasteiger partial charge in [0.2, 0.25) is 11.8 Å². The van der Waals surface area contributed by atoms with E-state index in [9.17, 15) is 33.6 Å². The van der Waals surface area contributed by atoms with Crippen LogP contribution in [0.15, 0.2) is 41.3 Å². The molecule has 1 aromatic heterocycles. The number of Topliss-reactive ketones (excluding diaryl/α,β-unsaturated/α-hetero) is 2. The molecular formula is C38H43N5O9. The summed E-state index contributed by atoms with van der Waals surface area (Å²) in [6.07, 6.45) is 4.09. The SMILES string of the molecule is COc1cc(-c2cn(C)c(=O)c(C)n2)cc(OC)c1CCCC(=O)NCCCNC(=O)CCc1ccc2c(c1)C(=O)N(C1CCC(=O)CC1=O)C2=O. The summed E-state index contributed by atoms with van der Waals surface area (Å²) in [4.78, 5) is 92.5. The van der Waals surface area contributed by atoms with Crippen LogP contribution in [0.1, 0.15) is 82.5 Å². The van der Waals surface area contributed by atoms with Gasteiger partial charge in [-0.2, -0.15) is 0 Å². The van der Waals surface area contributed by atoms with Gasteiger partial charge in [-0.1, -0.05) is 6.07 Å². The maximum atomic E-state index is 13.1. The van der Waals surface area contributed by atoms with E-state index in [4.69, 9.17) is 9.47 Å². The van der Waals surface area contributed by atoms with Crippen LogP contribution < -0.4 is 25.7 Å². The Morgan fingerprint density at radius 1 is 0.865 bits per heavy atom. The van der Waals surface area contributed by atoms with Crippen LogP contribution in [0.2, 0.25) is 0 Å². The Morgan fingerprint density at radius 3 is 2.15 bits per heavy atom. The van der Waals surface area contributed by atoms with Crippen molar-refractivity contribution in [3.63, 3.8) is 0 Å². The molecule has 4 amide bonds. The molecule has 274 valence electrons. The number of nitrogens with zero attached hydrogens (tertiary/aromatic N) is 3. The maximum absolute atomic E-state index is 13.1. The molecule has 2 aromatic carbocycles. The topological polar surface area (TPSA) is 183 Å². The van der Waals surface area contributed by atoms with Gasteiger partial charge in [-0.15, -0.1) is 0 Å². The van der Waals surface area contributed by atoms with Crippen LogP contribution in [-0.2, 0) is 39.1 Å². The molecular weight excluding hydrogens is 670 g/mol. The van der Waals surface area contributed by atoms with Gasteiger partial charge in [0.15, 0.2) is 5.78 Å². The monoisotopic (exact) mass is 713 g/mol. The number of carbonyl (C=O) groups excluding carboxylic acids is 6. The van der Waals surface area contributed by atoms with Gasteiger partial charge in [-0.05, 0) is 68.9 Å². The van der Waals surface area contributed by atoms with E-state index >= 15 is 0 Å². The van der Waals surface area contributed by atoms with Crippen LogP contribution in [-0.4, -0.2) is 83.0 Å². The number of ketones is 2. The van der Waals surface area contributed by atoms with Crippen LogP contribution in [0.25, 0.3) is 11.3 Å². The van der Waals surface area contributed by atoms with E-state index in [2.05, 4.69) is 15.6 Å². The minimum absolute atomic E-state index is 0.115. The van der Waals surface area contributed by atoms with Crippen molar-refractivity contribution in [3.05, 3.63) is 74.8 Å². The maximum Gasteiger partial charge on any atom is 0.271 e. The van der Waals surface area contributed by atoms with E-state index in [-0.39, 0.29) is 66.4 Å². The average Bonchev–Trinajstić information content (AvgIpc) is 3.37. The summed E-state index contributed by atoms with van der Waals surface area (Å²) in [5.41, 5.74) is 3.50. The fourth-order valence-electron chi connectivity index (χ4n) is 6.55. The van der Waals surface area contributed by atoms with Gasteiger partial charge in [0.05, 0.1) is 43.5 Å². The third-order valence-electron chi connectivity index (χ3n) is 9.34. The Balaban J connectivity index is 1.02. The number of methoxy groups -OCH3 is 2. The third-order valence-corrected chi connectivity index (χ3v) is 9.34. The number of aryl methyl sites for hydroxylation is 3. The molecule has 2 N–H and O–H groups in total. The molecule has 0 radical (unpaired) electrons. The molecule has 3 aromatic rings. The first-order valence-corrected chi connectivity index (χ1v) is 17.3. The zero-order valence-corrected chi connectivity index (χ0v) is 29.8. The molecule has 1 unspecified atom stereocenters. The predicted molar refractivity (Wildman–Crippen MR) is 189 cm³/mol. The number of nitrogens with one attached hydrogen (secondary N) is 2. The van der Waals surface area contributed by atoms with E-state index in [0.717, 1.165) is 16.0 Å². The van der Waals surface area contributed by atoms with Gasteiger partial charge in [0, 0.05) is 56.7 Å². The van der Waals surface area contributed by atoms with Gasteiger partial charge < -0.3 is 24.7 Å². The Hall–Kier alpha value is -5.66. The molecule has 2 heterocycles. The molecule has 52 heavy (non-hydrogen) atoms. The van der Waals surface area contributed by atoms with Crippen molar-refractivity contribution in [2.45, 2.75) is 70.8 Å². The second kappa shape index (κ2) is 16.6. The lowest BCUT2D eigenvalue weighted by atomic mass is 9.92. The molecule has 1 aliphatic heterocycles. The Kier molecular flexibility index (Phi) is 12.0. The number of fused-ring (bicyclic) bond motifs is 1. The second-order valence-electron chi connectivity index (χ2n) is 13.0. The normalized spacial score (nSPS) is 15.5. The number of aromatic nitrogens is 2. The number of hydrogen-bond acceptors (Lipinski definition) is 10. The van der Waals surface area contributed by atoms with Crippen LogP contribution in [0.5, 0.6) is 11.5 Å². The van der Waals surface area contributed by atoms with E-state index < -0.39 is 23.6 Å². The van der Waals surface area contributed by atoms with Crippen molar-refractivity contribution in [3.8, 4) is 22.8 Å². The fourth-order valence-corrected chi connectivity index (χ4v) is 6.55. The molecule has 14 nitrogen and oxygen atoms in total. The van der Waals surface area contributed by atoms with Gasteiger partial charge in [-0.25, -0.2) is 4.98 Å². The van der Waals surface area contributed by atoms with Gasteiger partial charge in [0.1, 0.15) is 23.0 Å². The van der Waals surface area contributed by atoms with Crippen molar-refractivity contribution in [2.24, 2.45) is 7.05 Å². The Labute approximate surface area is 300 Å². The Bertz CT molecular complexity index is 1930.